The number of carbonyl (C=O) groups is 1. The Bertz CT molecular complexity index is 230. The Morgan fingerprint density at radius 3 is 2.79 bits per heavy atom. The van der Waals surface area contributed by atoms with Gasteiger partial charge in [0.2, 0.25) is 0 Å². The van der Waals surface area contributed by atoms with Gasteiger partial charge in [0.05, 0.1) is 12.5 Å². The van der Waals surface area contributed by atoms with Gasteiger partial charge in [-0.2, -0.15) is 5.26 Å². The monoisotopic (exact) mass is 195 g/mol. The van der Waals surface area contributed by atoms with E-state index in [4.69, 9.17) is 5.26 Å². The molecule has 0 saturated heterocycles. The van der Waals surface area contributed by atoms with Crippen molar-refractivity contribution in [2.75, 3.05) is 0 Å². The summed E-state index contributed by atoms with van der Waals surface area (Å²) in [7, 11) is 0. The summed E-state index contributed by atoms with van der Waals surface area (Å²) in [6, 6.07) is 2.28. The second-order valence-electron chi connectivity index (χ2n) is 3.71. The molecule has 0 heterocycles. The molecule has 4 nitrogen and oxygen atoms in total. The molecule has 1 atom stereocenters. The van der Waals surface area contributed by atoms with Crippen LogP contribution in [-0.2, 0) is 0 Å². The summed E-state index contributed by atoms with van der Waals surface area (Å²) >= 11 is 0. The maximum absolute atomic E-state index is 11.4. The van der Waals surface area contributed by atoms with Gasteiger partial charge in [-0.3, -0.25) is 0 Å². The van der Waals surface area contributed by atoms with E-state index in [9.17, 15) is 4.79 Å². The van der Waals surface area contributed by atoms with Crippen LogP contribution in [0.3, 0.4) is 0 Å². The summed E-state index contributed by atoms with van der Waals surface area (Å²) in [5.41, 5.74) is 0. The van der Waals surface area contributed by atoms with Gasteiger partial charge in [0.25, 0.3) is 0 Å². The summed E-state index contributed by atoms with van der Waals surface area (Å²) < 4.78 is 0. The van der Waals surface area contributed by atoms with Crippen molar-refractivity contribution in [3.63, 3.8) is 0 Å². The van der Waals surface area contributed by atoms with Crippen LogP contribution in [0.5, 0.6) is 0 Å². The number of nitrogens with one attached hydrogen (secondary N) is 2. The molecule has 0 aromatic rings. The molecule has 1 rings (SSSR count). The molecule has 2 N–H and O–H groups in total. The lowest BCUT2D eigenvalue weighted by Gasteiger charge is -2.27. The fraction of sp³-hybridized carbons (Fsp3) is 0.800. The quantitative estimate of drug-likeness (QED) is 0.714. The molecule has 0 spiro atoms. The maximum atomic E-state index is 11.4. The Labute approximate surface area is 84.7 Å². The summed E-state index contributed by atoms with van der Waals surface area (Å²) in [6.07, 6.45) is 4.56. The predicted octanol–water partition coefficient (Wildman–Crippen LogP) is 1.53. The molecular formula is C10H17N3O. The average molecular weight is 195 g/mol. The number of hydrogen-bond donors (Lipinski definition) is 2. The molecule has 0 radical (unpaired) electrons. The highest BCUT2D eigenvalue weighted by Gasteiger charge is 2.20. The van der Waals surface area contributed by atoms with Crippen LogP contribution in [0.1, 0.15) is 39.0 Å². The molecule has 78 valence electrons. The van der Waals surface area contributed by atoms with E-state index in [0.717, 1.165) is 19.3 Å². The minimum atomic E-state index is -0.128. The van der Waals surface area contributed by atoms with Crippen molar-refractivity contribution in [1.82, 2.24) is 10.6 Å². The van der Waals surface area contributed by atoms with Gasteiger partial charge in [-0.05, 0) is 25.7 Å². The topological polar surface area (TPSA) is 64.9 Å². The van der Waals surface area contributed by atoms with Crippen molar-refractivity contribution in [3.05, 3.63) is 0 Å². The highest BCUT2D eigenvalue weighted by atomic mass is 16.2. The van der Waals surface area contributed by atoms with Gasteiger partial charge >= 0.3 is 6.03 Å². The van der Waals surface area contributed by atoms with E-state index >= 15 is 0 Å². The zero-order valence-corrected chi connectivity index (χ0v) is 8.55. The summed E-state index contributed by atoms with van der Waals surface area (Å²) in [4.78, 5) is 11.4. The predicted molar refractivity (Wildman–Crippen MR) is 53.6 cm³/mol. The fourth-order valence-electron chi connectivity index (χ4n) is 1.37. The van der Waals surface area contributed by atoms with Crippen molar-refractivity contribution < 1.29 is 4.79 Å². The van der Waals surface area contributed by atoms with E-state index < -0.39 is 0 Å². The normalized spacial score (nSPS) is 17.7. The van der Waals surface area contributed by atoms with Gasteiger partial charge in [0.1, 0.15) is 0 Å². The number of rotatable bonds is 4. The molecule has 0 aromatic carbocycles. The van der Waals surface area contributed by atoms with Crippen LogP contribution in [0.2, 0.25) is 0 Å². The Morgan fingerprint density at radius 1 is 1.64 bits per heavy atom. The van der Waals surface area contributed by atoms with Crippen molar-refractivity contribution in [3.8, 4) is 6.07 Å². The lowest BCUT2D eigenvalue weighted by atomic mass is 9.93. The molecular weight excluding hydrogens is 178 g/mol. The Morgan fingerprint density at radius 2 is 2.36 bits per heavy atom. The van der Waals surface area contributed by atoms with Crippen molar-refractivity contribution in [1.29, 1.82) is 5.26 Å². The molecule has 1 unspecified atom stereocenters. The lowest BCUT2D eigenvalue weighted by Crippen LogP contribution is -2.48. The summed E-state index contributed by atoms with van der Waals surface area (Å²) in [6.45, 7) is 1.96. The molecule has 0 aliphatic heterocycles. The van der Waals surface area contributed by atoms with Gasteiger partial charge < -0.3 is 10.6 Å². The highest BCUT2D eigenvalue weighted by Crippen LogP contribution is 2.17. The molecule has 1 aliphatic carbocycles. The Kier molecular flexibility index (Phi) is 4.24. The minimum Gasteiger partial charge on any atom is -0.335 e. The third-order valence-corrected chi connectivity index (χ3v) is 2.61. The van der Waals surface area contributed by atoms with Crippen molar-refractivity contribution >= 4 is 6.03 Å². The van der Waals surface area contributed by atoms with E-state index in [1.54, 1.807) is 0 Å². The van der Waals surface area contributed by atoms with Crippen LogP contribution in [-0.4, -0.2) is 18.1 Å². The second kappa shape index (κ2) is 5.48. The molecule has 1 aliphatic rings. The molecule has 1 saturated carbocycles. The summed E-state index contributed by atoms with van der Waals surface area (Å²) in [5.74, 6) is 0. The first-order valence-corrected chi connectivity index (χ1v) is 5.20. The Hall–Kier alpha value is -1.24. The average Bonchev–Trinajstić information content (AvgIpc) is 2.11. The maximum Gasteiger partial charge on any atom is 0.315 e. The molecule has 4 heteroatoms. The molecule has 1 fully saturated rings. The van der Waals surface area contributed by atoms with Gasteiger partial charge in [0, 0.05) is 12.1 Å². The van der Waals surface area contributed by atoms with E-state index in [1.165, 1.54) is 6.42 Å². The number of hydrogen-bond acceptors (Lipinski definition) is 2. The van der Waals surface area contributed by atoms with Crippen LogP contribution in [0.4, 0.5) is 4.79 Å². The van der Waals surface area contributed by atoms with Gasteiger partial charge in [0.15, 0.2) is 0 Å². The lowest BCUT2D eigenvalue weighted by molar-refractivity contribution is 0.224. The van der Waals surface area contributed by atoms with Gasteiger partial charge in [-0.15, -0.1) is 0 Å². The van der Waals surface area contributed by atoms with E-state index in [1.807, 2.05) is 6.92 Å². The van der Waals surface area contributed by atoms with Gasteiger partial charge in [-0.1, -0.05) is 6.92 Å². The molecule has 0 bridgehead atoms. The number of carbonyl (C=O) groups excluding carboxylic acids is 1. The third kappa shape index (κ3) is 3.25. The van der Waals surface area contributed by atoms with Crippen LogP contribution >= 0.6 is 0 Å². The molecule has 0 aromatic heterocycles. The van der Waals surface area contributed by atoms with Crippen LogP contribution in [0.15, 0.2) is 0 Å². The Balaban J connectivity index is 2.20. The third-order valence-electron chi connectivity index (χ3n) is 2.61. The molecule has 2 amide bonds. The number of urea groups is 1. The fourth-order valence-corrected chi connectivity index (χ4v) is 1.37. The second-order valence-corrected chi connectivity index (χ2v) is 3.71. The minimum absolute atomic E-state index is 0.0138. The van der Waals surface area contributed by atoms with Gasteiger partial charge in [-0.25, -0.2) is 4.79 Å². The number of nitriles is 1. The first-order chi connectivity index (χ1) is 6.76. The standard InChI is InChI=1S/C10H17N3O/c1-2-8(6-7-11)12-10(14)13-9-4-3-5-9/h8-9H,2-6H2,1H3,(H2,12,13,14). The van der Waals surface area contributed by atoms with E-state index in [-0.39, 0.29) is 12.1 Å². The van der Waals surface area contributed by atoms with E-state index in [0.29, 0.717) is 12.5 Å². The highest BCUT2D eigenvalue weighted by molar-refractivity contribution is 5.74. The van der Waals surface area contributed by atoms with Crippen molar-refractivity contribution in [2.45, 2.75) is 51.1 Å². The van der Waals surface area contributed by atoms with Crippen LogP contribution < -0.4 is 10.6 Å². The summed E-state index contributed by atoms with van der Waals surface area (Å²) in [5, 5.41) is 14.2. The number of nitrogens with zero attached hydrogens (tertiary/aromatic N) is 1. The SMILES string of the molecule is CCC(CC#N)NC(=O)NC1CCC1. The number of amides is 2. The smallest absolute Gasteiger partial charge is 0.315 e. The molecule has 14 heavy (non-hydrogen) atoms. The zero-order chi connectivity index (χ0) is 10.4. The largest absolute Gasteiger partial charge is 0.335 e. The zero-order valence-electron chi connectivity index (χ0n) is 8.55. The van der Waals surface area contributed by atoms with Crippen LogP contribution in [0.25, 0.3) is 0 Å². The van der Waals surface area contributed by atoms with Crippen molar-refractivity contribution in [2.24, 2.45) is 0 Å². The first kappa shape index (κ1) is 10.8. The first-order valence-electron chi connectivity index (χ1n) is 5.20. The van der Waals surface area contributed by atoms with E-state index in [2.05, 4.69) is 16.7 Å². The van der Waals surface area contributed by atoms with Crippen LogP contribution in [0, 0.1) is 11.3 Å².